The minimum absolute atomic E-state index is 0.354. The van der Waals surface area contributed by atoms with E-state index < -0.39 is 30.1 Å². The van der Waals surface area contributed by atoms with Crippen molar-refractivity contribution in [2.75, 3.05) is 0 Å². The Balaban J connectivity index is 2.87. The Morgan fingerprint density at radius 3 is 1.19 bits per heavy atom. The van der Waals surface area contributed by atoms with Crippen LogP contribution >= 0.6 is 46.4 Å². The fraction of sp³-hybridized carbons (Fsp3) is 0.600. The molecule has 0 radical (unpaired) electrons. The lowest BCUT2D eigenvalue weighted by Gasteiger charge is -2.48. The van der Waals surface area contributed by atoms with Gasteiger partial charge in [-0.05, 0) is 88.8 Å². The third kappa shape index (κ3) is 2.75. The summed E-state index contributed by atoms with van der Waals surface area (Å²) in [6.07, 6.45) is 0. The van der Waals surface area contributed by atoms with E-state index in [2.05, 4.69) is 0 Å². The van der Waals surface area contributed by atoms with Gasteiger partial charge in [0.25, 0.3) is 0 Å². The molecule has 7 heteroatoms. The first-order valence-electron chi connectivity index (χ1n) is 8.71. The Kier molecular flexibility index (Phi) is 6.13. The Hall–Kier alpha value is 0.0700. The summed E-state index contributed by atoms with van der Waals surface area (Å²) in [5.41, 5.74) is 4.67. The number of hydrogen-bond donors (Lipinski definition) is 0. The van der Waals surface area contributed by atoms with Crippen molar-refractivity contribution in [3.8, 4) is 0 Å². The van der Waals surface area contributed by atoms with Gasteiger partial charge in [-0.25, -0.2) is 8.42 Å². The average Bonchev–Trinajstić information content (AvgIpc) is 2.64. The smallest absolute Gasteiger partial charge is 0.172 e. The quantitative estimate of drug-likeness (QED) is 0.412. The molecule has 0 N–H and O–H groups in total. The zero-order chi connectivity index (χ0) is 21.3. The van der Waals surface area contributed by atoms with Crippen molar-refractivity contribution in [3.05, 3.63) is 43.5 Å². The first kappa shape index (κ1) is 23.3. The summed E-state index contributed by atoms with van der Waals surface area (Å²) in [5.74, 6) is 0. The molecule has 2 rings (SSSR count). The first-order chi connectivity index (χ1) is 12.1. The van der Waals surface area contributed by atoms with Gasteiger partial charge in [0.1, 0.15) is 9.49 Å². The van der Waals surface area contributed by atoms with E-state index in [1.165, 1.54) is 0 Å². The van der Waals surface area contributed by atoms with Crippen LogP contribution in [0.2, 0.25) is 0 Å². The van der Waals surface area contributed by atoms with Crippen LogP contribution in [-0.2, 0) is 9.84 Å². The average molecular weight is 472 g/mol. The van der Waals surface area contributed by atoms with Gasteiger partial charge in [0.2, 0.25) is 0 Å². The van der Waals surface area contributed by atoms with E-state index in [9.17, 15) is 8.42 Å². The molecule has 0 amide bonds. The van der Waals surface area contributed by atoms with E-state index in [0.717, 1.165) is 22.3 Å². The zero-order valence-electron chi connectivity index (χ0n) is 16.9. The second kappa shape index (κ2) is 7.09. The lowest BCUT2D eigenvalue weighted by Crippen LogP contribution is -2.60. The molecule has 0 saturated carbocycles. The largest absolute Gasteiger partial charge is 0.227 e. The van der Waals surface area contributed by atoms with Crippen LogP contribution in [-0.4, -0.2) is 28.7 Å². The number of sulfone groups is 1. The van der Waals surface area contributed by atoms with E-state index in [-0.39, 0.29) is 0 Å². The third-order valence-corrected chi connectivity index (χ3v) is 13.1. The molecule has 0 fully saturated rings. The van der Waals surface area contributed by atoms with Gasteiger partial charge >= 0.3 is 0 Å². The molecule has 0 aliphatic heterocycles. The van der Waals surface area contributed by atoms with E-state index >= 15 is 0 Å². The number of halogens is 4. The van der Waals surface area contributed by atoms with Gasteiger partial charge < -0.3 is 0 Å². The minimum Gasteiger partial charge on any atom is -0.227 e. The molecule has 0 aromatic rings. The fourth-order valence-corrected chi connectivity index (χ4v) is 9.01. The summed E-state index contributed by atoms with van der Waals surface area (Å²) in [6, 6.07) is 0. The summed E-state index contributed by atoms with van der Waals surface area (Å²) in [5, 5.41) is -1.11. The van der Waals surface area contributed by atoms with Crippen molar-refractivity contribution in [2.24, 2.45) is 0 Å². The monoisotopic (exact) mass is 470 g/mol. The summed E-state index contributed by atoms with van der Waals surface area (Å²) in [6.45, 7) is 14.3. The highest BCUT2D eigenvalue weighted by atomic mass is 35.5. The van der Waals surface area contributed by atoms with Crippen LogP contribution < -0.4 is 0 Å². The highest BCUT2D eigenvalue weighted by Crippen LogP contribution is 2.55. The second-order valence-corrected chi connectivity index (χ2v) is 12.3. The van der Waals surface area contributed by atoms with Crippen molar-refractivity contribution in [3.63, 3.8) is 0 Å². The lowest BCUT2D eigenvalue weighted by atomic mass is 9.83. The molecule has 4 unspecified atom stereocenters. The molecule has 2 aliphatic rings. The van der Waals surface area contributed by atoms with Gasteiger partial charge in [-0.15, -0.1) is 23.2 Å². The minimum atomic E-state index is -3.98. The van der Waals surface area contributed by atoms with Crippen LogP contribution in [0.1, 0.15) is 55.4 Å². The first-order valence-corrected chi connectivity index (χ1v) is 11.8. The van der Waals surface area contributed by atoms with Crippen LogP contribution in [0, 0.1) is 0 Å². The van der Waals surface area contributed by atoms with E-state index in [1.54, 1.807) is 27.7 Å². The molecule has 27 heavy (non-hydrogen) atoms. The summed E-state index contributed by atoms with van der Waals surface area (Å²) in [4.78, 5) is 0. The maximum absolute atomic E-state index is 14.2. The predicted molar refractivity (Wildman–Crippen MR) is 119 cm³/mol. The van der Waals surface area contributed by atoms with Crippen molar-refractivity contribution in [2.45, 2.75) is 75.6 Å². The SMILES string of the molecule is CC1=C(Cl)C(Cl)C(C)(S(=O)(=O)C2(C)C(C)=C(C)C(C)=C(Cl)C2Cl)C(C)=C1C. The molecule has 152 valence electrons. The Bertz CT molecular complexity index is 869. The summed E-state index contributed by atoms with van der Waals surface area (Å²) >= 11 is 26.3. The van der Waals surface area contributed by atoms with Crippen LogP contribution in [0.25, 0.3) is 0 Å². The van der Waals surface area contributed by atoms with E-state index in [1.807, 2.05) is 27.7 Å². The van der Waals surface area contributed by atoms with Gasteiger partial charge in [0.15, 0.2) is 9.84 Å². The normalized spacial score (nSPS) is 36.1. The van der Waals surface area contributed by atoms with Crippen LogP contribution in [0.4, 0.5) is 0 Å². The van der Waals surface area contributed by atoms with Gasteiger partial charge in [-0.3, -0.25) is 0 Å². The maximum Gasteiger partial charge on any atom is 0.172 e. The van der Waals surface area contributed by atoms with E-state index in [0.29, 0.717) is 21.2 Å². The van der Waals surface area contributed by atoms with Gasteiger partial charge in [0.05, 0.1) is 10.8 Å². The van der Waals surface area contributed by atoms with Crippen LogP contribution in [0.3, 0.4) is 0 Å². The van der Waals surface area contributed by atoms with Crippen molar-refractivity contribution >= 4 is 56.2 Å². The molecular formula is C20H26Cl4O2S. The molecule has 2 nitrogen and oxygen atoms in total. The highest BCUT2D eigenvalue weighted by Gasteiger charge is 2.62. The maximum atomic E-state index is 14.2. The third-order valence-electron chi connectivity index (χ3n) is 6.98. The van der Waals surface area contributed by atoms with Gasteiger partial charge in [0, 0.05) is 10.1 Å². The van der Waals surface area contributed by atoms with Crippen molar-refractivity contribution in [1.82, 2.24) is 0 Å². The molecule has 0 bridgehead atoms. The molecule has 0 aromatic carbocycles. The van der Waals surface area contributed by atoms with Gasteiger partial charge in [-0.1, -0.05) is 23.2 Å². The molecule has 0 heterocycles. The standard InChI is InChI=1S/C20H26Cl4O2S/c1-9-11(3)15(21)17(23)19(7,13(9)5)27(25,26)20(8)14(6)10(2)12(4)16(22)18(20)24/h17-18H,1-8H3. The number of allylic oxidation sites excluding steroid dienone is 6. The fourth-order valence-electron chi connectivity index (χ4n) is 4.03. The Morgan fingerprint density at radius 1 is 0.667 bits per heavy atom. The molecule has 0 aromatic heterocycles. The van der Waals surface area contributed by atoms with Crippen molar-refractivity contribution < 1.29 is 8.42 Å². The summed E-state index contributed by atoms with van der Waals surface area (Å²) in [7, 11) is -3.98. The van der Waals surface area contributed by atoms with Crippen LogP contribution in [0.15, 0.2) is 43.5 Å². The number of alkyl halides is 2. The second-order valence-electron chi connectivity index (χ2n) is 7.89. The van der Waals surface area contributed by atoms with Gasteiger partial charge in [-0.2, -0.15) is 0 Å². The molecule has 0 saturated heterocycles. The highest BCUT2D eigenvalue weighted by molar-refractivity contribution is 7.94. The molecule has 0 spiro atoms. The molecular weight excluding hydrogens is 446 g/mol. The van der Waals surface area contributed by atoms with E-state index in [4.69, 9.17) is 46.4 Å². The number of hydrogen-bond acceptors (Lipinski definition) is 2. The topological polar surface area (TPSA) is 34.1 Å². The van der Waals surface area contributed by atoms with Crippen LogP contribution in [0.5, 0.6) is 0 Å². The Labute approximate surface area is 183 Å². The molecule has 2 aliphatic carbocycles. The lowest BCUT2D eigenvalue weighted by molar-refractivity contribution is 0.513. The number of rotatable bonds is 2. The molecule has 4 atom stereocenters. The van der Waals surface area contributed by atoms with Crippen molar-refractivity contribution in [1.29, 1.82) is 0 Å². The Morgan fingerprint density at radius 2 is 0.926 bits per heavy atom. The predicted octanol–water partition coefficient (Wildman–Crippen LogP) is 6.86. The summed E-state index contributed by atoms with van der Waals surface area (Å²) < 4.78 is 25.6. The zero-order valence-corrected chi connectivity index (χ0v) is 20.7.